The number of hydrogen-bond acceptors (Lipinski definition) is 2. The van der Waals surface area contributed by atoms with E-state index in [1.807, 2.05) is 47.0 Å². The molecule has 1 aromatic carbocycles. The average Bonchev–Trinajstić information content (AvgIpc) is 3.26. The Morgan fingerprint density at radius 2 is 2.26 bits per heavy atom. The van der Waals surface area contributed by atoms with Gasteiger partial charge in [0, 0.05) is 43.8 Å². The van der Waals surface area contributed by atoms with E-state index in [-0.39, 0.29) is 6.03 Å². The Labute approximate surface area is 137 Å². The molecule has 1 aromatic heterocycles. The Bertz CT molecular complexity index is 675. The molecule has 1 aliphatic rings. The lowest BCUT2D eigenvalue weighted by molar-refractivity contribution is 0.209. The van der Waals surface area contributed by atoms with Crippen molar-refractivity contribution in [1.29, 1.82) is 0 Å². The fourth-order valence-electron chi connectivity index (χ4n) is 2.74. The first-order chi connectivity index (χ1) is 11.2. The second-order valence-electron chi connectivity index (χ2n) is 6.26. The van der Waals surface area contributed by atoms with Gasteiger partial charge in [-0.15, -0.1) is 0 Å². The van der Waals surface area contributed by atoms with Crippen LogP contribution < -0.4 is 5.32 Å². The molecule has 1 aliphatic carbocycles. The number of aromatic nitrogens is 2. The number of carbonyl (C=O) groups is 1. The van der Waals surface area contributed by atoms with Gasteiger partial charge in [-0.2, -0.15) is 0 Å². The Balaban J connectivity index is 1.71. The molecule has 3 rings (SSSR count). The van der Waals surface area contributed by atoms with Crippen molar-refractivity contribution < 1.29 is 4.79 Å². The van der Waals surface area contributed by atoms with Crippen molar-refractivity contribution in [2.45, 2.75) is 26.2 Å². The first-order valence-electron chi connectivity index (χ1n) is 8.31. The van der Waals surface area contributed by atoms with Gasteiger partial charge in [0.15, 0.2) is 0 Å². The maximum atomic E-state index is 12.5. The Morgan fingerprint density at radius 3 is 2.91 bits per heavy atom. The first-order valence-corrected chi connectivity index (χ1v) is 8.31. The van der Waals surface area contributed by atoms with E-state index in [9.17, 15) is 4.79 Å². The van der Waals surface area contributed by atoms with Crippen LogP contribution in [0.4, 0.5) is 10.5 Å². The summed E-state index contributed by atoms with van der Waals surface area (Å²) in [6, 6.07) is 7.85. The van der Waals surface area contributed by atoms with Crippen molar-refractivity contribution in [2.24, 2.45) is 13.0 Å². The molecule has 0 spiro atoms. The third kappa shape index (κ3) is 3.92. The van der Waals surface area contributed by atoms with Crippen molar-refractivity contribution in [3.63, 3.8) is 0 Å². The second kappa shape index (κ2) is 6.86. The number of imidazole rings is 1. The average molecular weight is 312 g/mol. The van der Waals surface area contributed by atoms with Crippen LogP contribution in [-0.2, 0) is 7.05 Å². The summed E-state index contributed by atoms with van der Waals surface area (Å²) < 4.78 is 1.97. The fraction of sp³-hybridized carbons (Fsp3) is 0.444. The monoisotopic (exact) mass is 312 g/mol. The largest absolute Gasteiger partial charge is 0.334 e. The smallest absolute Gasteiger partial charge is 0.321 e. The zero-order valence-electron chi connectivity index (χ0n) is 13.8. The van der Waals surface area contributed by atoms with Crippen LogP contribution >= 0.6 is 0 Å². The van der Waals surface area contributed by atoms with E-state index >= 15 is 0 Å². The van der Waals surface area contributed by atoms with Gasteiger partial charge in [0.2, 0.25) is 0 Å². The zero-order chi connectivity index (χ0) is 16.2. The van der Waals surface area contributed by atoms with Crippen LogP contribution in [0.1, 0.15) is 26.2 Å². The SMILES string of the molecule is CCCN(CC1CC1)C(=O)Nc1cccc(-c2nccn2C)c1. The molecule has 0 aliphatic heterocycles. The van der Waals surface area contributed by atoms with Gasteiger partial charge in [0.25, 0.3) is 0 Å². The molecule has 2 amide bonds. The number of benzene rings is 1. The van der Waals surface area contributed by atoms with Gasteiger partial charge >= 0.3 is 6.03 Å². The van der Waals surface area contributed by atoms with Crippen molar-refractivity contribution in [2.75, 3.05) is 18.4 Å². The molecule has 0 radical (unpaired) electrons. The van der Waals surface area contributed by atoms with Crippen LogP contribution in [0.5, 0.6) is 0 Å². The molecule has 0 saturated heterocycles. The number of aryl methyl sites for hydroxylation is 1. The summed E-state index contributed by atoms with van der Waals surface area (Å²) in [6.45, 7) is 3.79. The van der Waals surface area contributed by atoms with E-state index in [0.717, 1.165) is 36.6 Å². The normalized spacial score (nSPS) is 13.8. The Kier molecular flexibility index (Phi) is 4.65. The van der Waals surface area contributed by atoms with Gasteiger partial charge in [-0.25, -0.2) is 9.78 Å². The van der Waals surface area contributed by atoms with E-state index < -0.39 is 0 Å². The summed E-state index contributed by atoms with van der Waals surface area (Å²) in [5.41, 5.74) is 1.81. The number of nitrogens with zero attached hydrogens (tertiary/aromatic N) is 3. The quantitative estimate of drug-likeness (QED) is 0.883. The Morgan fingerprint density at radius 1 is 1.43 bits per heavy atom. The van der Waals surface area contributed by atoms with Crippen LogP contribution in [0.2, 0.25) is 0 Å². The summed E-state index contributed by atoms with van der Waals surface area (Å²) in [5, 5.41) is 3.03. The number of hydrogen-bond donors (Lipinski definition) is 1. The summed E-state index contributed by atoms with van der Waals surface area (Å²) in [6.07, 6.45) is 7.18. The first kappa shape index (κ1) is 15.6. The van der Waals surface area contributed by atoms with Crippen LogP contribution in [0, 0.1) is 5.92 Å². The third-order valence-corrected chi connectivity index (χ3v) is 4.15. The van der Waals surface area contributed by atoms with Crippen molar-refractivity contribution >= 4 is 11.7 Å². The van der Waals surface area contributed by atoms with Crippen LogP contribution in [0.25, 0.3) is 11.4 Å². The molecule has 122 valence electrons. The maximum Gasteiger partial charge on any atom is 0.321 e. The molecular formula is C18H24N4O. The van der Waals surface area contributed by atoms with Gasteiger partial charge < -0.3 is 14.8 Å². The maximum absolute atomic E-state index is 12.5. The molecule has 1 saturated carbocycles. The van der Waals surface area contributed by atoms with E-state index in [0.29, 0.717) is 5.92 Å². The molecule has 0 unspecified atom stereocenters. The van der Waals surface area contributed by atoms with E-state index in [2.05, 4.69) is 17.2 Å². The number of nitrogens with one attached hydrogen (secondary N) is 1. The highest BCUT2D eigenvalue weighted by Gasteiger charge is 2.26. The van der Waals surface area contributed by atoms with Crippen molar-refractivity contribution in [3.8, 4) is 11.4 Å². The number of amides is 2. The number of carbonyl (C=O) groups excluding carboxylic acids is 1. The summed E-state index contributed by atoms with van der Waals surface area (Å²) in [4.78, 5) is 18.8. The number of urea groups is 1. The highest BCUT2D eigenvalue weighted by molar-refractivity contribution is 5.90. The lowest BCUT2D eigenvalue weighted by Gasteiger charge is -2.22. The molecule has 0 bridgehead atoms. The molecule has 1 heterocycles. The molecule has 5 heteroatoms. The standard InChI is InChI=1S/C18H24N4O/c1-3-10-22(13-14-7-8-14)18(23)20-16-6-4-5-15(12-16)17-19-9-11-21(17)2/h4-6,9,11-12,14H,3,7-8,10,13H2,1-2H3,(H,20,23). The van der Waals surface area contributed by atoms with Crippen molar-refractivity contribution in [3.05, 3.63) is 36.7 Å². The minimum atomic E-state index is -0.00394. The lowest BCUT2D eigenvalue weighted by Crippen LogP contribution is -2.37. The molecule has 1 fully saturated rings. The van der Waals surface area contributed by atoms with Gasteiger partial charge in [0.05, 0.1) is 0 Å². The molecule has 1 N–H and O–H groups in total. The predicted octanol–water partition coefficient (Wildman–Crippen LogP) is 3.74. The van der Waals surface area contributed by atoms with Crippen molar-refractivity contribution in [1.82, 2.24) is 14.5 Å². The molecule has 5 nitrogen and oxygen atoms in total. The third-order valence-electron chi connectivity index (χ3n) is 4.15. The second-order valence-corrected chi connectivity index (χ2v) is 6.26. The predicted molar refractivity (Wildman–Crippen MR) is 92.3 cm³/mol. The topological polar surface area (TPSA) is 50.2 Å². The lowest BCUT2D eigenvalue weighted by atomic mass is 10.2. The van der Waals surface area contributed by atoms with E-state index in [1.54, 1.807) is 6.20 Å². The minimum Gasteiger partial charge on any atom is -0.334 e. The minimum absolute atomic E-state index is 0.00394. The molecule has 23 heavy (non-hydrogen) atoms. The van der Waals surface area contributed by atoms with Gasteiger partial charge in [-0.1, -0.05) is 19.1 Å². The van der Waals surface area contributed by atoms with Gasteiger partial charge in [-0.3, -0.25) is 0 Å². The Hall–Kier alpha value is -2.30. The van der Waals surface area contributed by atoms with Crippen LogP contribution in [0.15, 0.2) is 36.7 Å². The molecular weight excluding hydrogens is 288 g/mol. The summed E-state index contributed by atoms with van der Waals surface area (Å²) in [5.74, 6) is 1.59. The van der Waals surface area contributed by atoms with Crippen LogP contribution in [0.3, 0.4) is 0 Å². The summed E-state index contributed by atoms with van der Waals surface area (Å²) in [7, 11) is 1.96. The van der Waals surface area contributed by atoms with Gasteiger partial charge in [-0.05, 0) is 37.3 Å². The highest BCUT2D eigenvalue weighted by atomic mass is 16.2. The van der Waals surface area contributed by atoms with Gasteiger partial charge in [0.1, 0.15) is 5.82 Å². The zero-order valence-corrected chi connectivity index (χ0v) is 13.8. The fourth-order valence-corrected chi connectivity index (χ4v) is 2.74. The molecule has 2 aromatic rings. The number of rotatable bonds is 6. The molecule has 0 atom stereocenters. The number of anilines is 1. The highest BCUT2D eigenvalue weighted by Crippen LogP contribution is 2.30. The van der Waals surface area contributed by atoms with Crippen LogP contribution in [-0.4, -0.2) is 33.6 Å². The van der Waals surface area contributed by atoms with E-state index in [1.165, 1.54) is 12.8 Å². The summed E-state index contributed by atoms with van der Waals surface area (Å²) >= 11 is 0. The van der Waals surface area contributed by atoms with E-state index in [4.69, 9.17) is 0 Å².